The van der Waals surface area contributed by atoms with E-state index in [1.807, 2.05) is 147 Å². The fraction of sp³-hybridized carbons (Fsp3) is 0.412. The van der Waals surface area contributed by atoms with Gasteiger partial charge >= 0.3 is 5.97 Å². The molecule has 0 N–H and O–H groups in total. The van der Waals surface area contributed by atoms with Crippen LogP contribution in [0.5, 0.6) is 5.75 Å². The molecule has 4 nitrogen and oxygen atoms in total. The number of rotatable bonds is 7. The lowest BCUT2D eigenvalue weighted by Crippen LogP contribution is -2.11. The summed E-state index contributed by atoms with van der Waals surface area (Å²) in [6.45, 7) is 32.0. The largest absolute Gasteiger partial charge is 0.423 e. The molecule has 1 unspecified atom stereocenters. The average Bonchev–Trinajstić information content (AvgIpc) is 3.85. The SMILES string of the molecule is CC.CC.CC.CC.CC(C)C1CCn2c(C(=O)c3ccccc3)ccc21.CC(C)c1ccccc1.Cc1ccccc1C(=O)Oc1ccccc1C(C)C. The summed E-state index contributed by atoms with van der Waals surface area (Å²) in [5.41, 5.74) is 6.94. The van der Waals surface area contributed by atoms with Gasteiger partial charge in [-0.15, -0.1) is 0 Å². The molecule has 0 fully saturated rings. The van der Waals surface area contributed by atoms with Gasteiger partial charge < -0.3 is 9.30 Å². The monoisotopic (exact) mass is 748 g/mol. The second kappa shape index (κ2) is 28.7. The molecule has 4 heteroatoms. The van der Waals surface area contributed by atoms with E-state index in [-0.39, 0.29) is 11.8 Å². The van der Waals surface area contributed by atoms with Crippen LogP contribution in [-0.2, 0) is 6.54 Å². The second-order valence-corrected chi connectivity index (χ2v) is 13.1. The Bertz CT molecular complexity index is 1730. The van der Waals surface area contributed by atoms with E-state index in [2.05, 4.69) is 76.4 Å². The van der Waals surface area contributed by atoms with Gasteiger partial charge in [-0.25, -0.2) is 4.79 Å². The Labute approximate surface area is 336 Å². The minimum atomic E-state index is -0.300. The average molecular weight is 748 g/mol. The van der Waals surface area contributed by atoms with Gasteiger partial charge in [0.15, 0.2) is 0 Å². The van der Waals surface area contributed by atoms with E-state index in [1.165, 1.54) is 11.3 Å². The molecule has 1 aliphatic rings. The summed E-state index contributed by atoms with van der Waals surface area (Å²) in [6, 6.07) is 39.3. The van der Waals surface area contributed by atoms with Gasteiger partial charge in [-0.3, -0.25) is 4.79 Å². The first-order chi connectivity index (χ1) is 26.6. The number of aromatic nitrogens is 1. The first kappa shape index (κ1) is 50.3. The molecule has 300 valence electrons. The van der Waals surface area contributed by atoms with Gasteiger partial charge in [0.1, 0.15) is 5.75 Å². The van der Waals surface area contributed by atoms with Crippen molar-refractivity contribution in [3.05, 3.63) is 161 Å². The first-order valence-electron chi connectivity index (χ1n) is 20.8. The minimum absolute atomic E-state index is 0.135. The number of ketones is 1. The van der Waals surface area contributed by atoms with Crippen LogP contribution >= 0.6 is 0 Å². The predicted molar refractivity (Wildman–Crippen MR) is 239 cm³/mol. The summed E-state index contributed by atoms with van der Waals surface area (Å²) in [5, 5.41) is 0. The summed E-state index contributed by atoms with van der Waals surface area (Å²) >= 11 is 0. The van der Waals surface area contributed by atoms with Gasteiger partial charge in [0, 0.05) is 23.7 Å². The number of fused-ring (bicyclic) bond motifs is 1. The van der Waals surface area contributed by atoms with Crippen molar-refractivity contribution < 1.29 is 14.3 Å². The molecule has 0 saturated heterocycles. The molecule has 0 radical (unpaired) electrons. The molecule has 0 amide bonds. The van der Waals surface area contributed by atoms with Crippen LogP contribution in [-0.4, -0.2) is 16.3 Å². The first-order valence-corrected chi connectivity index (χ1v) is 20.8. The van der Waals surface area contributed by atoms with Gasteiger partial charge in [0.05, 0.1) is 11.3 Å². The third-order valence-electron chi connectivity index (χ3n) is 8.71. The Morgan fingerprint density at radius 1 is 0.600 bits per heavy atom. The van der Waals surface area contributed by atoms with Crippen LogP contribution in [0.1, 0.15) is 170 Å². The number of nitrogens with zero attached hydrogens (tertiary/aromatic N) is 1. The Balaban J connectivity index is 0.000000761. The third-order valence-corrected chi connectivity index (χ3v) is 8.71. The second-order valence-electron chi connectivity index (χ2n) is 13.1. The van der Waals surface area contributed by atoms with Crippen molar-refractivity contribution in [3.8, 4) is 5.75 Å². The van der Waals surface area contributed by atoms with Crippen LogP contribution in [0.15, 0.2) is 121 Å². The number of carbonyl (C=O) groups excluding carboxylic acids is 2. The molecule has 0 bridgehead atoms. The van der Waals surface area contributed by atoms with Crippen LogP contribution < -0.4 is 4.74 Å². The van der Waals surface area contributed by atoms with Crippen molar-refractivity contribution in [2.24, 2.45) is 5.92 Å². The number of hydrogen-bond acceptors (Lipinski definition) is 3. The normalized spacial score (nSPS) is 11.9. The molecule has 1 aliphatic heterocycles. The lowest BCUT2D eigenvalue weighted by atomic mass is 9.92. The van der Waals surface area contributed by atoms with Crippen molar-refractivity contribution >= 4 is 11.8 Å². The number of para-hydroxylation sites is 1. The number of carbonyl (C=O) groups is 2. The highest BCUT2D eigenvalue weighted by Crippen LogP contribution is 2.36. The molecule has 0 spiro atoms. The van der Waals surface area contributed by atoms with Crippen molar-refractivity contribution in [1.82, 2.24) is 4.57 Å². The number of hydrogen-bond donors (Lipinski definition) is 0. The number of ether oxygens (including phenoxy) is 1. The maximum atomic E-state index is 12.5. The summed E-state index contributed by atoms with van der Waals surface area (Å²) in [7, 11) is 0. The van der Waals surface area contributed by atoms with E-state index in [0.717, 1.165) is 35.3 Å². The fourth-order valence-electron chi connectivity index (χ4n) is 5.93. The quantitative estimate of drug-likeness (QED) is 0.0946. The van der Waals surface area contributed by atoms with E-state index in [1.54, 1.807) is 6.07 Å². The van der Waals surface area contributed by atoms with Crippen molar-refractivity contribution in [3.63, 3.8) is 0 Å². The summed E-state index contributed by atoms with van der Waals surface area (Å²) in [4.78, 5) is 24.7. The highest BCUT2D eigenvalue weighted by atomic mass is 16.5. The van der Waals surface area contributed by atoms with Crippen LogP contribution in [0.25, 0.3) is 0 Å². The van der Waals surface area contributed by atoms with Gasteiger partial charge in [0.2, 0.25) is 5.78 Å². The maximum absolute atomic E-state index is 12.5. The molecule has 55 heavy (non-hydrogen) atoms. The lowest BCUT2D eigenvalue weighted by Gasteiger charge is -2.13. The third kappa shape index (κ3) is 15.9. The Morgan fingerprint density at radius 3 is 1.62 bits per heavy atom. The molecular formula is C51H73NO3. The van der Waals surface area contributed by atoms with Gasteiger partial charge in [-0.2, -0.15) is 0 Å². The smallest absolute Gasteiger partial charge is 0.343 e. The maximum Gasteiger partial charge on any atom is 0.343 e. The molecule has 5 aromatic rings. The van der Waals surface area contributed by atoms with Gasteiger partial charge in [-0.1, -0.05) is 194 Å². The number of aryl methyl sites for hydroxylation is 1. The molecule has 1 aromatic heterocycles. The summed E-state index contributed by atoms with van der Waals surface area (Å²) in [6.07, 6.45) is 1.16. The lowest BCUT2D eigenvalue weighted by molar-refractivity contribution is 0.0732. The van der Waals surface area contributed by atoms with Crippen LogP contribution in [0.3, 0.4) is 0 Å². The number of esters is 1. The van der Waals surface area contributed by atoms with E-state index in [4.69, 9.17) is 4.74 Å². The van der Waals surface area contributed by atoms with Gasteiger partial charge in [-0.05, 0) is 72.1 Å². The zero-order valence-corrected chi connectivity index (χ0v) is 36.9. The molecule has 0 aliphatic carbocycles. The van der Waals surface area contributed by atoms with Crippen molar-refractivity contribution in [2.75, 3.05) is 0 Å². The minimum Gasteiger partial charge on any atom is -0.423 e. The Hall–Kier alpha value is -4.70. The topological polar surface area (TPSA) is 48.3 Å². The molecule has 1 atom stereocenters. The van der Waals surface area contributed by atoms with Crippen molar-refractivity contribution in [1.29, 1.82) is 0 Å². The zero-order valence-electron chi connectivity index (χ0n) is 36.9. The standard InChI is InChI=1S/C17H19NO.C17H18O2.C9H12.4C2H6/c1-12(2)14-10-11-18-15(14)8-9-16(18)17(19)13-6-4-3-5-7-13;1-12(2)14-9-6-7-11-16(14)19-17(18)15-10-5-4-8-13(15)3;1-8(2)9-6-4-3-5-7-9;4*1-2/h3-9,12,14H,10-11H2,1-2H3;4-12H,1-3H3;3-8H,1-2H3;4*1-2H3. The van der Waals surface area contributed by atoms with Gasteiger partial charge in [0.25, 0.3) is 0 Å². The van der Waals surface area contributed by atoms with Crippen LogP contribution in [0.2, 0.25) is 0 Å². The molecular weight excluding hydrogens is 675 g/mol. The molecule has 4 aromatic carbocycles. The van der Waals surface area contributed by atoms with E-state index < -0.39 is 0 Å². The molecule has 2 heterocycles. The Morgan fingerprint density at radius 2 is 1.11 bits per heavy atom. The molecule has 6 rings (SSSR count). The zero-order chi connectivity index (χ0) is 41.9. The summed E-state index contributed by atoms with van der Waals surface area (Å²) in [5.74, 6) is 2.69. The highest BCUT2D eigenvalue weighted by Gasteiger charge is 2.28. The molecule has 0 saturated carbocycles. The predicted octanol–water partition coefficient (Wildman–Crippen LogP) is 15.1. The highest BCUT2D eigenvalue weighted by molar-refractivity contribution is 6.08. The summed E-state index contributed by atoms with van der Waals surface area (Å²) < 4.78 is 7.74. The fourth-order valence-corrected chi connectivity index (χ4v) is 5.93. The van der Waals surface area contributed by atoms with Crippen LogP contribution in [0, 0.1) is 12.8 Å². The van der Waals surface area contributed by atoms with Crippen LogP contribution in [0.4, 0.5) is 0 Å². The van der Waals surface area contributed by atoms with Crippen molar-refractivity contribution in [2.45, 2.75) is 135 Å². The number of benzene rings is 4. The van der Waals surface area contributed by atoms with E-state index in [0.29, 0.717) is 35.0 Å². The van der Waals surface area contributed by atoms with E-state index >= 15 is 0 Å². The van der Waals surface area contributed by atoms with E-state index in [9.17, 15) is 9.59 Å². The Kier molecular flexibility index (Phi) is 26.3.